The van der Waals surface area contributed by atoms with E-state index in [2.05, 4.69) is 19.2 Å². The maximum atomic E-state index is 13.2. The van der Waals surface area contributed by atoms with Crippen LogP contribution in [0.15, 0.2) is 0 Å². The molecule has 2 heterocycles. The molecule has 162 valence electrons. The fraction of sp³-hybridized carbons (Fsp3) is 0.895. The van der Waals surface area contributed by atoms with Gasteiger partial charge in [-0.2, -0.15) is 0 Å². The summed E-state index contributed by atoms with van der Waals surface area (Å²) in [5.41, 5.74) is 6.06. The highest BCUT2D eigenvalue weighted by molar-refractivity contribution is 7.91. The molecule has 0 radical (unpaired) electrons. The average Bonchev–Trinajstić information content (AvgIpc) is 2.95. The first-order valence-electron chi connectivity index (χ1n) is 10.1. The van der Waals surface area contributed by atoms with Gasteiger partial charge in [0.2, 0.25) is 11.8 Å². The number of halogens is 1. The normalized spacial score (nSPS) is 34.3. The van der Waals surface area contributed by atoms with Crippen LogP contribution in [0.3, 0.4) is 0 Å². The molecule has 3 fully saturated rings. The van der Waals surface area contributed by atoms with Crippen molar-refractivity contribution in [1.82, 2.24) is 10.2 Å². The Morgan fingerprint density at radius 2 is 1.71 bits per heavy atom. The number of nitrogens with two attached hydrogens (primary N) is 1. The molecule has 28 heavy (non-hydrogen) atoms. The number of nitrogens with zero attached hydrogens (tertiary/aromatic N) is 1. The highest BCUT2D eigenvalue weighted by Gasteiger charge is 2.42. The molecule has 2 saturated heterocycles. The molecule has 0 spiro atoms. The summed E-state index contributed by atoms with van der Waals surface area (Å²) in [6, 6.07) is -0.233. The van der Waals surface area contributed by atoms with Gasteiger partial charge in [0, 0.05) is 37.0 Å². The molecule has 0 aromatic heterocycles. The maximum Gasteiger partial charge on any atom is 0.226 e. The first-order chi connectivity index (χ1) is 12.6. The van der Waals surface area contributed by atoms with Gasteiger partial charge in [0.1, 0.15) is 0 Å². The van der Waals surface area contributed by atoms with Crippen LogP contribution in [0.25, 0.3) is 0 Å². The van der Waals surface area contributed by atoms with Crippen LogP contribution in [0.1, 0.15) is 52.4 Å². The van der Waals surface area contributed by atoms with Crippen molar-refractivity contribution in [2.75, 3.05) is 24.6 Å². The van der Waals surface area contributed by atoms with Crippen LogP contribution in [0.4, 0.5) is 0 Å². The fourth-order valence-electron chi connectivity index (χ4n) is 4.75. The van der Waals surface area contributed by atoms with E-state index in [0.717, 1.165) is 25.7 Å². The molecule has 4 atom stereocenters. The lowest BCUT2D eigenvalue weighted by molar-refractivity contribution is -0.146. The number of hydrogen-bond acceptors (Lipinski definition) is 5. The van der Waals surface area contributed by atoms with Crippen LogP contribution >= 0.6 is 12.4 Å². The molecule has 2 aliphatic heterocycles. The van der Waals surface area contributed by atoms with Crippen molar-refractivity contribution < 1.29 is 18.0 Å². The zero-order valence-electron chi connectivity index (χ0n) is 16.9. The molecule has 9 heteroatoms. The molecular weight excluding hydrogens is 402 g/mol. The predicted molar refractivity (Wildman–Crippen MR) is 111 cm³/mol. The molecular formula is C19H34ClN3O4S. The number of sulfone groups is 1. The van der Waals surface area contributed by atoms with E-state index >= 15 is 0 Å². The molecule has 0 aromatic carbocycles. The minimum Gasteiger partial charge on any atom is -0.352 e. The molecule has 1 aliphatic carbocycles. The third-order valence-electron chi connectivity index (χ3n) is 6.62. The van der Waals surface area contributed by atoms with E-state index in [-0.39, 0.29) is 65.1 Å². The summed E-state index contributed by atoms with van der Waals surface area (Å²) in [5.74, 6) is -0.594. The highest BCUT2D eigenvalue weighted by Crippen LogP contribution is 2.35. The summed E-state index contributed by atoms with van der Waals surface area (Å²) in [6.45, 7) is 5.44. The van der Waals surface area contributed by atoms with Crippen molar-refractivity contribution in [2.45, 2.75) is 64.5 Å². The zero-order valence-corrected chi connectivity index (χ0v) is 18.5. The summed E-state index contributed by atoms with van der Waals surface area (Å²) >= 11 is 0. The van der Waals surface area contributed by atoms with Gasteiger partial charge in [-0.05, 0) is 31.1 Å². The van der Waals surface area contributed by atoms with Crippen LogP contribution in [-0.2, 0) is 19.4 Å². The molecule has 2 amide bonds. The van der Waals surface area contributed by atoms with Gasteiger partial charge in [0.15, 0.2) is 9.84 Å². The first kappa shape index (κ1) is 23.4. The van der Waals surface area contributed by atoms with Gasteiger partial charge in [-0.15, -0.1) is 12.4 Å². The second-order valence-corrected chi connectivity index (χ2v) is 11.5. The lowest BCUT2D eigenvalue weighted by Gasteiger charge is -2.44. The molecule has 3 N–H and O–H groups in total. The van der Waals surface area contributed by atoms with Crippen molar-refractivity contribution in [1.29, 1.82) is 0 Å². The van der Waals surface area contributed by atoms with E-state index in [1.165, 1.54) is 0 Å². The second-order valence-electron chi connectivity index (χ2n) is 9.25. The smallest absolute Gasteiger partial charge is 0.226 e. The molecule has 3 rings (SSSR count). The first-order valence-corrected chi connectivity index (χ1v) is 12.0. The zero-order chi connectivity index (χ0) is 19.8. The SMILES string of the molecule is CC1(C)CN(C(=O)C2CCCCC2C(=O)NC2CCS(=O)(=O)C2)CCC1N.Cl. The van der Waals surface area contributed by atoms with Crippen LogP contribution < -0.4 is 11.1 Å². The van der Waals surface area contributed by atoms with E-state index < -0.39 is 9.84 Å². The Labute approximate surface area is 174 Å². The maximum absolute atomic E-state index is 13.2. The lowest BCUT2D eigenvalue weighted by Crippen LogP contribution is -2.56. The summed E-state index contributed by atoms with van der Waals surface area (Å²) in [4.78, 5) is 27.9. The minimum atomic E-state index is -3.04. The Kier molecular flexibility index (Phi) is 7.42. The average molecular weight is 436 g/mol. The Bertz CT molecular complexity index is 697. The molecule has 0 aromatic rings. The van der Waals surface area contributed by atoms with Crippen LogP contribution in [0.5, 0.6) is 0 Å². The summed E-state index contributed by atoms with van der Waals surface area (Å²) < 4.78 is 23.3. The Morgan fingerprint density at radius 3 is 2.29 bits per heavy atom. The second kappa shape index (κ2) is 8.88. The highest BCUT2D eigenvalue weighted by atomic mass is 35.5. The van der Waals surface area contributed by atoms with Crippen LogP contribution in [0, 0.1) is 17.3 Å². The van der Waals surface area contributed by atoms with Crippen molar-refractivity contribution in [2.24, 2.45) is 23.0 Å². The number of rotatable bonds is 3. The quantitative estimate of drug-likeness (QED) is 0.689. The lowest BCUT2D eigenvalue weighted by atomic mass is 9.75. The van der Waals surface area contributed by atoms with E-state index in [1.807, 2.05) is 4.90 Å². The van der Waals surface area contributed by atoms with E-state index in [9.17, 15) is 18.0 Å². The van der Waals surface area contributed by atoms with Gasteiger partial charge in [-0.1, -0.05) is 26.7 Å². The minimum absolute atomic E-state index is 0. The van der Waals surface area contributed by atoms with E-state index in [1.54, 1.807) is 0 Å². The van der Waals surface area contributed by atoms with Crippen molar-refractivity contribution in [3.63, 3.8) is 0 Å². The third kappa shape index (κ3) is 5.19. The monoisotopic (exact) mass is 435 g/mol. The fourth-order valence-corrected chi connectivity index (χ4v) is 6.43. The van der Waals surface area contributed by atoms with Gasteiger partial charge in [0.25, 0.3) is 0 Å². The molecule has 1 saturated carbocycles. The predicted octanol–water partition coefficient (Wildman–Crippen LogP) is 1.10. The number of carbonyl (C=O) groups excluding carboxylic acids is 2. The van der Waals surface area contributed by atoms with Crippen molar-refractivity contribution >= 4 is 34.1 Å². The number of carbonyl (C=O) groups is 2. The Balaban J connectivity index is 0.00000280. The van der Waals surface area contributed by atoms with Gasteiger partial charge in [0.05, 0.1) is 11.5 Å². The molecule has 3 aliphatic rings. The summed E-state index contributed by atoms with van der Waals surface area (Å²) in [6.07, 6.45) is 4.55. The summed E-state index contributed by atoms with van der Waals surface area (Å²) in [7, 11) is -3.04. The van der Waals surface area contributed by atoms with Gasteiger partial charge < -0.3 is 16.0 Å². The van der Waals surface area contributed by atoms with Gasteiger partial charge >= 0.3 is 0 Å². The van der Waals surface area contributed by atoms with E-state index in [4.69, 9.17) is 5.73 Å². The van der Waals surface area contributed by atoms with Gasteiger partial charge in [-0.25, -0.2) is 8.42 Å². The van der Waals surface area contributed by atoms with E-state index in [0.29, 0.717) is 25.9 Å². The number of piperidine rings is 1. The number of likely N-dealkylation sites (tertiary alicyclic amines) is 1. The van der Waals surface area contributed by atoms with Crippen molar-refractivity contribution in [3.05, 3.63) is 0 Å². The number of hydrogen-bond donors (Lipinski definition) is 2. The van der Waals surface area contributed by atoms with Crippen molar-refractivity contribution in [3.8, 4) is 0 Å². The third-order valence-corrected chi connectivity index (χ3v) is 8.39. The Morgan fingerprint density at radius 1 is 1.07 bits per heavy atom. The number of amides is 2. The molecule has 7 nitrogen and oxygen atoms in total. The Hall–Kier alpha value is -0.860. The summed E-state index contributed by atoms with van der Waals surface area (Å²) in [5, 5.41) is 2.91. The van der Waals surface area contributed by atoms with Crippen LogP contribution in [-0.4, -0.2) is 61.8 Å². The number of nitrogens with one attached hydrogen (secondary N) is 1. The standard InChI is InChI=1S/C19H33N3O4S.ClH/c1-19(2)12-22(9-7-16(19)20)18(24)15-6-4-3-5-14(15)17(23)21-13-8-10-27(25,26)11-13;/h13-16H,3-12,20H2,1-2H3,(H,21,23);1H. The molecule has 4 unspecified atom stereocenters. The van der Waals surface area contributed by atoms with Crippen LogP contribution in [0.2, 0.25) is 0 Å². The topological polar surface area (TPSA) is 110 Å². The largest absolute Gasteiger partial charge is 0.352 e. The van der Waals surface area contributed by atoms with Gasteiger partial charge in [-0.3, -0.25) is 9.59 Å². The molecule has 0 bridgehead atoms.